The molecular formula is C14H15ClN4O. The van der Waals surface area contributed by atoms with Crippen LogP contribution in [0.5, 0.6) is 0 Å². The van der Waals surface area contributed by atoms with E-state index >= 15 is 0 Å². The van der Waals surface area contributed by atoms with E-state index in [-0.39, 0.29) is 5.84 Å². The summed E-state index contributed by atoms with van der Waals surface area (Å²) in [4.78, 5) is 6.16. The summed E-state index contributed by atoms with van der Waals surface area (Å²) in [7, 11) is 1.95. The Kier molecular flexibility index (Phi) is 4.42. The average molecular weight is 291 g/mol. The van der Waals surface area contributed by atoms with Crippen LogP contribution < -0.4 is 10.6 Å². The third kappa shape index (κ3) is 3.19. The molecule has 0 aliphatic heterocycles. The second-order valence-electron chi connectivity index (χ2n) is 4.33. The van der Waals surface area contributed by atoms with Crippen LogP contribution in [0.1, 0.15) is 11.3 Å². The number of pyridine rings is 1. The maximum Gasteiger partial charge on any atom is 0.188 e. The van der Waals surface area contributed by atoms with Gasteiger partial charge in [0.1, 0.15) is 5.69 Å². The highest BCUT2D eigenvalue weighted by Crippen LogP contribution is 2.20. The van der Waals surface area contributed by atoms with Gasteiger partial charge in [0.15, 0.2) is 5.84 Å². The van der Waals surface area contributed by atoms with E-state index in [1.165, 1.54) is 0 Å². The zero-order chi connectivity index (χ0) is 14.5. The van der Waals surface area contributed by atoms with Crippen molar-refractivity contribution in [3.8, 4) is 0 Å². The fourth-order valence-electron chi connectivity index (χ4n) is 1.79. The number of hydrogen-bond acceptors (Lipinski definition) is 4. The molecule has 0 aliphatic carbocycles. The van der Waals surface area contributed by atoms with Gasteiger partial charge in [0.05, 0.1) is 11.9 Å². The number of aromatic nitrogens is 1. The van der Waals surface area contributed by atoms with Crippen LogP contribution in [0.2, 0.25) is 5.02 Å². The van der Waals surface area contributed by atoms with Gasteiger partial charge in [-0.3, -0.25) is 4.98 Å². The van der Waals surface area contributed by atoms with E-state index in [4.69, 9.17) is 22.5 Å². The van der Waals surface area contributed by atoms with Crippen LogP contribution in [0.4, 0.5) is 5.69 Å². The van der Waals surface area contributed by atoms with Crippen molar-refractivity contribution in [2.45, 2.75) is 6.54 Å². The number of nitrogens with zero attached hydrogens (tertiary/aromatic N) is 3. The number of benzene rings is 1. The molecule has 2 rings (SSSR count). The van der Waals surface area contributed by atoms with Crippen molar-refractivity contribution >= 4 is 23.1 Å². The zero-order valence-corrected chi connectivity index (χ0v) is 11.7. The average Bonchev–Trinajstić information content (AvgIpc) is 2.49. The Morgan fingerprint density at radius 1 is 1.35 bits per heavy atom. The largest absolute Gasteiger partial charge is 0.409 e. The van der Waals surface area contributed by atoms with Gasteiger partial charge in [-0.15, -0.1) is 0 Å². The number of hydrogen-bond donors (Lipinski definition) is 2. The Morgan fingerprint density at radius 2 is 2.10 bits per heavy atom. The summed E-state index contributed by atoms with van der Waals surface area (Å²) in [5.74, 6) is -0.00898. The van der Waals surface area contributed by atoms with Crippen molar-refractivity contribution < 1.29 is 5.21 Å². The van der Waals surface area contributed by atoms with Crippen molar-refractivity contribution in [2.24, 2.45) is 10.9 Å². The second kappa shape index (κ2) is 6.25. The Labute approximate surface area is 122 Å². The molecule has 0 saturated heterocycles. The molecule has 1 aromatic carbocycles. The zero-order valence-electron chi connectivity index (χ0n) is 11.0. The van der Waals surface area contributed by atoms with Crippen molar-refractivity contribution in [2.75, 3.05) is 11.9 Å². The van der Waals surface area contributed by atoms with Crippen LogP contribution in [0, 0.1) is 0 Å². The molecule has 0 fully saturated rings. The first-order valence-corrected chi connectivity index (χ1v) is 6.38. The quantitative estimate of drug-likeness (QED) is 0.393. The summed E-state index contributed by atoms with van der Waals surface area (Å²) < 4.78 is 0. The number of anilines is 1. The summed E-state index contributed by atoms with van der Waals surface area (Å²) in [5, 5.41) is 12.2. The first kappa shape index (κ1) is 14.1. The van der Waals surface area contributed by atoms with E-state index in [2.05, 4.69) is 10.1 Å². The minimum absolute atomic E-state index is 0.00898. The maximum atomic E-state index is 8.59. The van der Waals surface area contributed by atoms with Crippen LogP contribution in [-0.4, -0.2) is 23.1 Å². The fraction of sp³-hybridized carbons (Fsp3) is 0.143. The molecule has 0 unspecified atom stereocenters. The second-order valence-corrected chi connectivity index (χ2v) is 4.74. The summed E-state index contributed by atoms with van der Waals surface area (Å²) in [6.07, 6.45) is 1.67. The summed E-state index contributed by atoms with van der Waals surface area (Å²) >= 11 is 6.14. The van der Waals surface area contributed by atoms with Crippen LogP contribution in [0.15, 0.2) is 47.8 Å². The van der Waals surface area contributed by atoms with Gasteiger partial charge in [-0.2, -0.15) is 0 Å². The van der Waals surface area contributed by atoms with Gasteiger partial charge >= 0.3 is 0 Å². The lowest BCUT2D eigenvalue weighted by molar-refractivity contribution is 0.318. The minimum atomic E-state index is -0.00898. The molecule has 0 spiro atoms. The molecule has 6 heteroatoms. The van der Waals surface area contributed by atoms with Crippen LogP contribution in [0.25, 0.3) is 0 Å². The highest BCUT2D eigenvalue weighted by atomic mass is 35.5. The Balaban J connectivity index is 2.14. The number of rotatable bonds is 4. The monoisotopic (exact) mass is 290 g/mol. The van der Waals surface area contributed by atoms with Gasteiger partial charge in [-0.1, -0.05) is 35.0 Å². The molecule has 5 nitrogen and oxygen atoms in total. The number of halogens is 1. The topological polar surface area (TPSA) is 74.7 Å². The first-order chi connectivity index (χ1) is 9.61. The molecule has 1 heterocycles. The van der Waals surface area contributed by atoms with Crippen LogP contribution >= 0.6 is 11.6 Å². The van der Waals surface area contributed by atoms with Gasteiger partial charge < -0.3 is 15.8 Å². The molecule has 0 radical (unpaired) electrons. The molecule has 0 atom stereocenters. The van der Waals surface area contributed by atoms with Gasteiger partial charge in [0, 0.05) is 18.6 Å². The summed E-state index contributed by atoms with van der Waals surface area (Å²) in [5.41, 5.74) is 7.86. The van der Waals surface area contributed by atoms with Crippen molar-refractivity contribution in [1.29, 1.82) is 0 Å². The standard InChI is InChI=1S/C14H15ClN4O/c1-19(9-10-4-2-3-5-12(10)15)11-6-7-13(17-8-11)14(16)18-20/h2-8,20H,9H2,1H3,(H2,16,18). The molecule has 0 amide bonds. The molecule has 2 aromatic rings. The van der Waals surface area contributed by atoms with E-state index in [0.717, 1.165) is 16.3 Å². The predicted octanol–water partition coefficient (Wildman–Crippen LogP) is 2.47. The van der Waals surface area contributed by atoms with Crippen LogP contribution in [-0.2, 0) is 6.54 Å². The molecule has 3 N–H and O–H groups in total. The maximum absolute atomic E-state index is 8.59. The van der Waals surface area contributed by atoms with Gasteiger partial charge in [-0.05, 0) is 23.8 Å². The van der Waals surface area contributed by atoms with E-state index in [1.54, 1.807) is 12.3 Å². The molecule has 20 heavy (non-hydrogen) atoms. The first-order valence-electron chi connectivity index (χ1n) is 6.00. The molecule has 1 aromatic heterocycles. The SMILES string of the molecule is CN(Cc1ccccc1Cl)c1ccc(/C(N)=N/O)nc1. The lowest BCUT2D eigenvalue weighted by Crippen LogP contribution is -2.18. The molecule has 104 valence electrons. The molecule has 0 aliphatic rings. The van der Waals surface area contributed by atoms with E-state index < -0.39 is 0 Å². The van der Waals surface area contributed by atoms with Gasteiger partial charge in [0.25, 0.3) is 0 Å². The highest BCUT2D eigenvalue weighted by molar-refractivity contribution is 6.31. The van der Waals surface area contributed by atoms with Crippen molar-refractivity contribution in [1.82, 2.24) is 4.98 Å². The third-order valence-electron chi connectivity index (χ3n) is 2.92. The van der Waals surface area contributed by atoms with Gasteiger partial charge in [0.2, 0.25) is 0 Å². The predicted molar refractivity (Wildman–Crippen MR) is 80.3 cm³/mol. The smallest absolute Gasteiger partial charge is 0.188 e. The Hall–Kier alpha value is -2.27. The van der Waals surface area contributed by atoms with Crippen LogP contribution in [0.3, 0.4) is 0 Å². The van der Waals surface area contributed by atoms with Gasteiger partial charge in [-0.25, -0.2) is 0 Å². The van der Waals surface area contributed by atoms with E-state index in [9.17, 15) is 0 Å². The highest BCUT2D eigenvalue weighted by Gasteiger charge is 2.07. The number of oxime groups is 1. The molecular weight excluding hydrogens is 276 g/mol. The van der Waals surface area contributed by atoms with E-state index in [0.29, 0.717) is 12.2 Å². The lowest BCUT2D eigenvalue weighted by Gasteiger charge is -2.19. The Morgan fingerprint density at radius 3 is 2.70 bits per heavy atom. The summed E-state index contributed by atoms with van der Waals surface area (Å²) in [6.45, 7) is 0.671. The molecule has 0 bridgehead atoms. The fourth-order valence-corrected chi connectivity index (χ4v) is 1.98. The Bertz CT molecular complexity index is 613. The van der Waals surface area contributed by atoms with Crippen molar-refractivity contribution in [3.05, 3.63) is 58.9 Å². The molecule has 0 saturated carbocycles. The number of amidine groups is 1. The van der Waals surface area contributed by atoms with Crippen molar-refractivity contribution in [3.63, 3.8) is 0 Å². The van der Waals surface area contributed by atoms with E-state index in [1.807, 2.05) is 42.3 Å². The minimum Gasteiger partial charge on any atom is -0.409 e. The normalized spacial score (nSPS) is 11.4. The summed E-state index contributed by atoms with van der Waals surface area (Å²) in [6, 6.07) is 11.3. The lowest BCUT2D eigenvalue weighted by atomic mass is 10.2. The third-order valence-corrected chi connectivity index (χ3v) is 3.29. The number of nitrogens with two attached hydrogens (primary N) is 1.